The predicted molar refractivity (Wildman–Crippen MR) is 66.3 cm³/mol. The fraction of sp³-hybridized carbons (Fsp3) is 0.429. The van der Waals surface area contributed by atoms with E-state index in [0.717, 1.165) is 0 Å². The Kier molecular flexibility index (Phi) is 5.94. The molecule has 0 radical (unpaired) electrons. The summed E-state index contributed by atoms with van der Waals surface area (Å²) < 4.78 is 0. The maximum absolute atomic E-state index is 3.72. The normalized spacial score (nSPS) is 16.8. The summed E-state index contributed by atoms with van der Waals surface area (Å²) in [6.45, 7) is 14.5. The van der Waals surface area contributed by atoms with E-state index in [0.29, 0.717) is 5.92 Å². The first-order valence-corrected chi connectivity index (χ1v) is 5.13. The van der Waals surface area contributed by atoms with Crippen LogP contribution in [0.25, 0.3) is 0 Å². The average Bonchev–Trinajstić information content (AvgIpc) is 2.16. The molecule has 0 aromatic rings. The minimum Gasteiger partial charge on any atom is -0.0991 e. The molecule has 0 aromatic carbocycles. The molecule has 78 valence electrons. The second-order valence-electron chi connectivity index (χ2n) is 3.73. The second-order valence-corrected chi connectivity index (χ2v) is 3.73. The summed E-state index contributed by atoms with van der Waals surface area (Å²) in [5.74, 6) is 0.504. The predicted octanol–water partition coefficient (Wildman–Crippen LogP) is 4.67. The molecule has 0 aliphatic heterocycles. The third-order valence-corrected chi connectivity index (χ3v) is 2.75. The highest BCUT2D eigenvalue weighted by Gasteiger charge is 2.07. The van der Waals surface area contributed by atoms with Crippen LogP contribution in [0.15, 0.2) is 47.6 Å². The van der Waals surface area contributed by atoms with E-state index in [2.05, 4.69) is 52.5 Å². The van der Waals surface area contributed by atoms with Crippen LogP contribution in [0.4, 0.5) is 0 Å². The molecule has 1 atom stereocenters. The molecule has 0 amide bonds. The number of hydrogen-bond donors (Lipinski definition) is 0. The van der Waals surface area contributed by atoms with Crippen LogP contribution in [0.2, 0.25) is 0 Å². The van der Waals surface area contributed by atoms with E-state index in [1.807, 2.05) is 13.0 Å². The molecule has 0 spiro atoms. The zero-order valence-electron chi connectivity index (χ0n) is 10.1. The van der Waals surface area contributed by atoms with Gasteiger partial charge in [-0.3, -0.25) is 0 Å². The van der Waals surface area contributed by atoms with Crippen molar-refractivity contribution in [3.05, 3.63) is 47.6 Å². The van der Waals surface area contributed by atoms with Gasteiger partial charge in [0.15, 0.2) is 0 Å². The summed E-state index contributed by atoms with van der Waals surface area (Å²) in [7, 11) is 0. The molecular formula is C14H22. The van der Waals surface area contributed by atoms with Gasteiger partial charge < -0.3 is 0 Å². The number of hydrogen-bond acceptors (Lipinski definition) is 0. The third kappa shape index (κ3) is 3.78. The van der Waals surface area contributed by atoms with Crippen LogP contribution in [0.1, 0.15) is 34.6 Å². The minimum absolute atomic E-state index is 0.504. The lowest BCUT2D eigenvalue weighted by molar-refractivity contribution is 0.791. The van der Waals surface area contributed by atoms with Crippen molar-refractivity contribution < 1.29 is 0 Å². The lowest BCUT2D eigenvalue weighted by Gasteiger charge is -2.14. The largest absolute Gasteiger partial charge is 0.0991 e. The van der Waals surface area contributed by atoms with Gasteiger partial charge in [-0.05, 0) is 33.6 Å². The molecule has 0 saturated heterocycles. The van der Waals surface area contributed by atoms with Gasteiger partial charge in [0.1, 0.15) is 0 Å². The van der Waals surface area contributed by atoms with Gasteiger partial charge in [0, 0.05) is 0 Å². The minimum atomic E-state index is 0.504. The molecule has 0 aliphatic rings. The first-order chi connectivity index (χ1) is 6.54. The highest BCUT2D eigenvalue weighted by Crippen LogP contribution is 2.22. The van der Waals surface area contributed by atoms with E-state index in [4.69, 9.17) is 0 Å². The van der Waals surface area contributed by atoms with Crippen molar-refractivity contribution in [2.75, 3.05) is 0 Å². The molecule has 0 N–H and O–H groups in total. The second kappa shape index (κ2) is 6.42. The zero-order valence-corrected chi connectivity index (χ0v) is 10.1. The third-order valence-electron chi connectivity index (χ3n) is 2.75. The van der Waals surface area contributed by atoms with E-state index in [-0.39, 0.29) is 0 Å². The van der Waals surface area contributed by atoms with Crippen LogP contribution in [0, 0.1) is 5.92 Å². The Balaban J connectivity index is 4.85. The fourth-order valence-electron chi connectivity index (χ4n) is 1.39. The summed E-state index contributed by atoms with van der Waals surface area (Å²) in [5, 5.41) is 0. The molecule has 0 aliphatic carbocycles. The maximum Gasteiger partial charge on any atom is -0.00181 e. The van der Waals surface area contributed by atoms with Crippen LogP contribution in [0.5, 0.6) is 0 Å². The average molecular weight is 190 g/mol. The van der Waals surface area contributed by atoms with Gasteiger partial charge >= 0.3 is 0 Å². The van der Waals surface area contributed by atoms with Crippen LogP contribution >= 0.6 is 0 Å². The van der Waals surface area contributed by atoms with Gasteiger partial charge in [0.25, 0.3) is 0 Å². The Morgan fingerprint density at radius 1 is 1.21 bits per heavy atom. The Bertz CT molecular complexity index is 274. The molecular weight excluding hydrogens is 168 g/mol. The highest BCUT2D eigenvalue weighted by molar-refractivity contribution is 5.29. The smallest absolute Gasteiger partial charge is 0.00181 e. The van der Waals surface area contributed by atoms with E-state index in [1.54, 1.807) is 0 Å². The van der Waals surface area contributed by atoms with Crippen molar-refractivity contribution in [3.63, 3.8) is 0 Å². The number of allylic oxidation sites excluding steroid dienone is 7. The first kappa shape index (κ1) is 13.0. The van der Waals surface area contributed by atoms with Crippen molar-refractivity contribution >= 4 is 0 Å². The monoisotopic (exact) mass is 190 g/mol. The van der Waals surface area contributed by atoms with E-state index in [9.17, 15) is 0 Å². The summed E-state index contributed by atoms with van der Waals surface area (Å²) in [6.07, 6.45) is 8.17. The molecule has 0 aromatic heterocycles. The Morgan fingerprint density at radius 2 is 1.79 bits per heavy atom. The number of rotatable bonds is 4. The topological polar surface area (TPSA) is 0 Å². The van der Waals surface area contributed by atoms with Crippen LogP contribution in [-0.4, -0.2) is 0 Å². The molecule has 0 heterocycles. The molecule has 0 nitrogen and oxygen atoms in total. The Labute approximate surface area is 88.7 Å². The van der Waals surface area contributed by atoms with Crippen LogP contribution < -0.4 is 0 Å². The maximum atomic E-state index is 3.72. The lowest BCUT2D eigenvalue weighted by atomic mass is 9.91. The van der Waals surface area contributed by atoms with Crippen molar-refractivity contribution in [2.24, 2.45) is 5.92 Å². The van der Waals surface area contributed by atoms with Gasteiger partial charge in [0.05, 0.1) is 0 Å². The SMILES string of the molecule is C=C/C=C(/C)C(C)/C(C)=C(C)/C=C\C. The van der Waals surface area contributed by atoms with Gasteiger partial charge in [-0.15, -0.1) is 0 Å². The van der Waals surface area contributed by atoms with E-state index < -0.39 is 0 Å². The first-order valence-electron chi connectivity index (χ1n) is 5.13. The standard InChI is InChI=1S/C14H22/c1-7-9-11(3)13(5)14(6)12(4)10-8-2/h7-10,13H,1H2,2-6H3/b10-8-,11-9-,14-12+. The van der Waals surface area contributed by atoms with Crippen LogP contribution in [-0.2, 0) is 0 Å². The summed E-state index contributed by atoms with van der Waals surface area (Å²) in [6, 6.07) is 0. The highest BCUT2D eigenvalue weighted by atomic mass is 14.1. The van der Waals surface area contributed by atoms with Crippen molar-refractivity contribution in [3.8, 4) is 0 Å². The van der Waals surface area contributed by atoms with Gasteiger partial charge in [0.2, 0.25) is 0 Å². The fourth-order valence-corrected chi connectivity index (χ4v) is 1.39. The molecule has 0 saturated carbocycles. The lowest BCUT2D eigenvalue weighted by Crippen LogP contribution is -1.99. The molecule has 0 heteroatoms. The Morgan fingerprint density at radius 3 is 2.21 bits per heavy atom. The van der Waals surface area contributed by atoms with Crippen molar-refractivity contribution in [1.82, 2.24) is 0 Å². The van der Waals surface area contributed by atoms with Crippen LogP contribution in [0.3, 0.4) is 0 Å². The zero-order chi connectivity index (χ0) is 11.1. The van der Waals surface area contributed by atoms with Gasteiger partial charge in [-0.1, -0.05) is 54.5 Å². The van der Waals surface area contributed by atoms with E-state index in [1.165, 1.54) is 16.7 Å². The summed E-state index contributed by atoms with van der Waals surface area (Å²) in [5.41, 5.74) is 4.15. The summed E-state index contributed by atoms with van der Waals surface area (Å²) in [4.78, 5) is 0. The summed E-state index contributed by atoms with van der Waals surface area (Å²) >= 11 is 0. The molecule has 0 bridgehead atoms. The molecule has 0 rings (SSSR count). The molecule has 0 fully saturated rings. The quantitative estimate of drug-likeness (QED) is 0.565. The van der Waals surface area contributed by atoms with Crippen molar-refractivity contribution in [1.29, 1.82) is 0 Å². The van der Waals surface area contributed by atoms with Gasteiger partial charge in [-0.25, -0.2) is 0 Å². The molecule has 1 unspecified atom stereocenters. The van der Waals surface area contributed by atoms with Gasteiger partial charge in [-0.2, -0.15) is 0 Å². The Hall–Kier alpha value is -1.04. The van der Waals surface area contributed by atoms with E-state index >= 15 is 0 Å². The van der Waals surface area contributed by atoms with Crippen molar-refractivity contribution in [2.45, 2.75) is 34.6 Å². The molecule has 14 heavy (non-hydrogen) atoms.